The van der Waals surface area contributed by atoms with Crippen LogP contribution in [0.4, 0.5) is 0 Å². The lowest BCUT2D eigenvalue weighted by atomic mass is 10.4. The first-order valence-electron chi connectivity index (χ1n) is 8.86. The molecular weight excluding hydrogens is 497 g/mol. The fourth-order valence-electron chi connectivity index (χ4n) is 1.92. The summed E-state index contributed by atoms with van der Waals surface area (Å²) in [4.78, 5) is 4.70. The number of hydrogen-bond donors (Lipinski definition) is 4. The third-order valence-corrected chi connectivity index (χ3v) is 9.19. The molecule has 0 N–H and O–H groups in total. The quantitative estimate of drug-likeness (QED) is 0.129. The van der Waals surface area contributed by atoms with Crippen molar-refractivity contribution in [2.75, 3.05) is 46.0 Å². The standard InChI is InChI=1S/C14H22S6.C6H6S2/c15-4-6-17-8-10-19-13-2-1-3-14(12-13)20-11-9-18-7-5-16;7-5-2-1-3-6(8)4-5/h1-3,12,15-16H,4-11H2;1-4,7-8H. The fourth-order valence-corrected chi connectivity index (χ4v) is 6.84. The molecule has 0 unspecified atom stereocenters. The van der Waals surface area contributed by atoms with Crippen molar-refractivity contribution < 1.29 is 0 Å². The van der Waals surface area contributed by atoms with Gasteiger partial charge in [-0.05, 0) is 47.9 Å². The van der Waals surface area contributed by atoms with E-state index in [-0.39, 0.29) is 0 Å². The van der Waals surface area contributed by atoms with Gasteiger partial charge >= 0.3 is 0 Å². The lowest BCUT2D eigenvalue weighted by Gasteiger charge is -2.05. The molecule has 0 nitrogen and oxygen atoms in total. The van der Waals surface area contributed by atoms with E-state index in [1.165, 1.54) is 32.8 Å². The average molecular weight is 525 g/mol. The van der Waals surface area contributed by atoms with Gasteiger partial charge < -0.3 is 0 Å². The van der Waals surface area contributed by atoms with Crippen molar-refractivity contribution >= 4 is 97.6 Å². The van der Waals surface area contributed by atoms with E-state index in [9.17, 15) is 0 Å². The maximum Gasteiger partial charge on any atom is 0.00833 e. The van der Waals surface area contributed by atoms with Crippen molar-refractivity contribution in [2.45, 2.75) is 19.6 Å². The maximum atomic E-state index is 4.22. The second-order valence-corrected chi connectivity index (χ2v) is 12.1. The molecule has 156 valence electrons. The van der Waals surface area contributed by atoms with Crippen molar-refractivity contribution in [1.82, 2.24) is 0 Å². The van der Waals surface area contributed by atoms with Crippen molar-refractivity contribution in [3.8, 4) is 0 Å². The molecule has 2 aromatic rings. The molecule has 0 aromatic heterocycles. The number of benzene rings is 2. The predicted molar refractivity (Wildman–Crippen MR) is 151 cm³/mol. The van der Waals surface area contributed by atoms with Gasteiger partial charge in [0.25, 0.3) is 0 Å². The zero-order valence-electron chi connectivity index (χ0n) is 15.7. The smallest absolute Gasteiger partial charge is 0.00833 e. The van der Waals surface area contributed by atoms with Gasteiger partial charge in [0.15, 0.2) is 0 Å². The molecule has 0 heterocycles. The first kappa shape index (κ1) is 27.3. The van der Waals surface area contributed by atoms with Gasteiger partial charge in [-0.25, -0.2) is 0 Å². The third kappa shape index (κ3) is 15.1. The lowest BCUT2D eigenvalue weighted by Crippen LogP contribution is -1.89. The molecule has 8 heteroatoms. The largest absolute Gasteiger partial charge is 0.179 e. The van der Waals surface area contributed by atoms with Crippen molar-refractivity contribution in [3.63, 3.8) is 0 Å². The van der Waals surface area contributed by atoms with E-state index in [4.69, 9.17) is 0 Å². The van der Waals surface area contributed by atoms with Crippen LogP contribution in [0.25, 0.3) is 0 Å². The highest BCUT2D eigenvalue weighted by Gasteiger charge is 1.99. The highest BCUT2D eigenvalue weighted by molar-refractivity contribution is 8.04. The Morgan fingerprint density at radius 3 is 1.43 bits per heavy atom. The topological polar surface area (TPSA) is 0 Å². The number of rotatable bonds is 12. The molecule has 0 atom stereocenters. The van der Waals surface area contributed by atoms with Gasteiger partial charge in [0.1, 0.15) is 0 Å². The molecule has 0 aliphatic rings. The lowest BCUT2D eigenvalue weighted by molar-refractivity contribution is 1.32. The molecule has 28 heavy (non-hydrogen) atoms. The van der Waals surface area contributed by atoms with E-state index >= 15 is 0 Å². The monoisotopic (exact) mass is 524 g/mol. The minimum atomic E-state index is 0.956. The van der Waals surface area contributed by atoms with Crippen LogP contribution >= 0.6 is 97.6 Å². The van der Waals surface area contributed by atoms with Crippen LogP contribution in [-0.4, -0.2) is 46.0 Å². The van der Waals surface area contributed by atoms with Gasteiger partial charge in [0.2, 0.25) is 0 Å². The van der Waals surface area contributed by atoms with E-state index in [0.29, 0.717) is 0 Å². The molecular formula is C20H28S8. The zero-order valence-corrected chi connectivity index (χ0v) is 22.5. The highest BCUT2D eigenvalue weighted by Crippen LogP contribution is 2.26. The van der Waals surface area contributed by atoms with Gasteiger partial charge in [-0.3, -0.25) is 0 Å². The van der Waals surface area contributed by atoms with Gasteiger partial charge in [0, 0.05) is 54.1 Å². The molecule has 0 saturated carbocycles. The molecule has 0 fully saturated rings. The Kier molecular flexibility index (Phi) is 18.5. The molecule has 0 spiro atoms. The van der Waals surface area contributed by atoms with E-state index in [2.05, 4.69) is 74.8 Å². The predicted octanol–water partition coefficient (Wildman–Crippen LogP) is 7.46. The van der Waals surface area contributed by atoms with E-state index in [0.717, 1.165) is 32.8 Å². The van der Waals surface area contributed by atoms with Crippen LogP contribution in [-0.2, 0) is 0 Å². The van der Waals surface area contributed by atoms with Crippen LogP contribution < -0.4 is 0 Å². The second kappa shape index (κ2) is 19.0. The van der Waals surface area contributed by atoms with Crippen LogP contribution in [0.3, 0.4) is 0 Å². The van der Waals surface area contributed by atoms with Gasteiger partial charge in [-0.15, -0.1) is 48.8 Å². The Morgan fingerprint density at radius 1 is 0.571 bits per heavy atom. The summed E-state index contributed by atoms with van der Waals surface area (Å²) >= 11 is 24.5. The summed E-state index contributed by atoms with van der Waals surface area (Å²) in [6.45, 7) is 0. The average Bonchev–Trinajstić information content (AvgIpc) is 2.68. The van der Waals surface area contributed by atoms with E-state index in [1.54, 1.807) is 0 Å². The molecule has 0 aliphatic carbocycles. The Bertz CT molecular complexity index is 589. The summed E-state index contributed by atoms with van der Waals surface area (Å²) < 4.78 is 0. The van der Waals surface area contributed by atoms with Crippen LogP contribution in [0.5, 0.6) is 0 Å². The summed E-state index contributed by atoms with van der Waals surface area (Å²) in [7, 11) is 0. The second-order valence-electron chi connectivity index (χ2n) is 5.36. The maximum absolute atomic E-state index is 4.22. The van der Waals surface area contributed by atoms with E-state index < -0.39 is 0 Å². The Labute approximate surface area is 210 Å². The van der Waals surface area contributed by atoms with Crippen LogP contribution in [0.1, 0.15) is 0 Å². The summed E-state index contributed by atoms with van der Waals surface area (Å²) in [5, 5.41) is 0. The SMILES string of the molecule is SCCSCCSc1cccc(SCCSCCS)c1.Sc1cccc(S)c1. The van der Waals surface area contributed by atoms with Crippen LogP contribution in [0.15, 0.2) is 68.1 Å². The van der Waals surface area contributed by atoms with Crippen LogP contribution in [0, 0.1) is 0 Å². The van der Waals surface area contributed by atoms with Crippen molar-refractivity contribution in [3.05, 3.63) is 48.5 Å². The highest BCUT2D eigenvalue weighted by atomic mass is 32.2. The molecule has 0 radical (unpaired) electrons. The molecule has 2 rings (SSSR count). The van der Waals surface area contributed by atoms with E-state index in [1.807, 2.05) is 71.3 Å². The van der Waals surface area contributed by atoms with Gasteiger partial charge in [-0.2, -0.15) is 48.8 Å². The Morgan fingerprint density at radius 2 is 1.04 bits per heavy atom. The minimum absolute atomic E-state index is 0.956. The molecule has 2 aromatic carbocycles. The summed E-state index contributed by atoms with van der Waals surface area (Å²) in [5.74, 6) is 9.06. The zero-order chi connectivity index (χ0) is 20.5. The molecule has 0 amide bonds. The normalized spacial score (nSPS) is 10.4. The molecule has 0 aliphatic heterocycles. The first-order valence-corrected chi connectivity index (χ1v) is 15.3. The minimum Gasteiger partial charge on any atom is -0.179 e. The molecule has 0 saturated heterocycles. The summed E-state index contributed by atoms with van der Waals surface area (Å²) in [6, 6.07) is 16.6. The number of thiol groups is 4. The number of thioether (sulfide) groups is 4. The summed E-state index contributed by atoms with van der Waals surface area (Å²) in [5.41, 5.74) is 0. The first-order chi connectivity index (χ1) is 13.7. The van der Waals surface area contributed by atoms with Gasteiger partial charge in [-0.1, -0.05) is 12.1 Å². The van der Waals surface area contributed by atoms with Gasteiger partial charge in [0.05, 0.1) is 0 Å². The van der Waals surface area contributed by atoms with Crippen molar-refractivity contribution in [1.29, 1.82) is 0 Å². The molecule has 0 bridgehead atoms. The van der Waals surface area contributed by atoms with Crippen molar-refractivity contribution in [2.24, 2.45) is 0 Å². The van der Waals surface area contributed by atoms with Crippen LogP contribution in [0.2, 0.25) is 0 Å². The Hall–Kier alpha value is 1.24. The Balaban J connectivity index is 0.000000406. The number of hydrogen-bond acceptors (Lipinski definition) is 8. The fraction of sp³-hybridized carbons (Fsp3) is 0.400. The summed E-state index contributed by atoms with van der Waals surface area (Å²) in [6.07, 6.45) is 0. The third-order valence-electron chi connectivity index (χ3n) is 3.10.